The molecule has 2 aromatic rings. The zero-order valence-electron chi connectivity index (χ0n) is 14.3. The van der Waals surface area contributed by atoms with Crippen molar-refractivity contribution in [1.82, 2.24) is 0 Å². The van der Waals surface area contributed by atoms with Gasteiger partial charge in [-0.2, -0.15) is 0 Å². The minimum atomic E-state index is -0.842. The lowest BCUT2D eigenvalue weighted by Gasteiger charge is -2.15. The Bertz CT molecular complexity index is 710. The maximum atomic E-state index is 12.1. The molecule has 2 aromatic carbocycles. The molecule has 0 radical (unpaired) electrons. The number of esters is 1. The van der Waals surface area contributed by atoms with Crippen molar-refractivity contribution in [3.05, 3.63) is 59.7 Å². The van der Waals surface area contributed by atoms with Gasteiger partial charge in [-0.1, -0.05) is 24.3 Å². The van der Waals surface area contributed by atoms with E-state index < -0.39 is 24.5 Å². The third-order valence-corrected chi connectivity index (χ3v) is 4.08. The molecule has 0 N–H and O–H groups in total. The quantitative estimate of drug-likeness (QED) is 0.777. The molecule has 6 nitrogen and oxygen atoms in total. The second-order valence-corrected chi connectivity index (χ2v) is 5.51. The second-order valence-electron chi connectivity index (χ2n) is 5.51. The summed E-state index contributed by atoms with van der Waals surface area (Å²) in [5.74, 6) is 0.985. The van der Waals surface area contributed by atoms with Gasteiger partial charge in [0.05, 0.1) is 21.3 Å². The fraction of sp³-hybridized carbons (Fsp3) is 0.316. The molecule has 0 amide bonds. The second kappa shape index (κ2) is 7.55. The molecule has 0 saturated carbocycles. The van der Waals surface area contributed by atoms with Gasteiger partial charge < -0.3 is 23.7 Å². The van der Waals surface area contributed by atoms with E-state index in [1.807, 2.05) is 48.5 Å². The van der Waals surface area contributed by atoms with E-state index in [9.17, 15) is 4.79 Å². The molecular weight excluding hydrogens is 324 g/mol. The summed E-state index contributed by atoms with van der Waals surface area (Å²) in [6.07, 6.45) is -2.07. The first-order valence-electron chi connectivity index (χ1n) is 7.83. The Hall–Kier alpha value is -2.57. The molecule has 3 rings (SSSR count). The fourth-order valence-electron chi connectivity index (χ4n) is 2.70. The number of ether oxygens (including phenoxy) is 5. The summed E-state index contributed by atoms with van der Waals surface area (Å²) < 4.78 is 27.0. The number of carbonyl (C=O) groups excluding carboxylic acids is 1. The monoisotopic (exact) mass is 344 g/mol. The Labute approximate surface area is 146 Å². The summed E-state index contributed by atoms with van der Waals surface area (Å²) in [5.41, 5.74) is 1.61. The highest BCUT2D eigenvalue weighted by Crippen LogP contribution is 2.41. The van der Waals surface area contributed by atoms with E-state index in [1.165, 1.54) is 7.11 Å². The minimum Gasteiger partial charge on any atom is -0.497 e. The third-order valence-electron chi connectivity index (χ3n) is 4.08. The van der Waals surface area contributed by atoms with E-state index in [2.05, 4.69) is 0 Å². The number of rotatable bonds is 5. The molecule has 0 spiro atoms. The summed E-state index contributed by atoms with van der Waals surface area (Å²) >= 11 is 0. The van der Waals surface area contributed by atoms with Gasteiger partial charge in [0.15, 0.2) is 12.4 Å². The van der Waals surface area contributed by atoms with Crippen LogP contribution in [0.3, 0.4) is 0 Å². The number of hydrogen-bond donors (Lipinski definition) is 0. The highest BCUT2D eigenvalue weighted by molar-refractivity contribution is 5.76. The average Bonchev–Trinajstić information content (AvgIpc) is 3.13. The van der Waals surface area contributed by atoms with Crippen molar-refractivity contribution < 1.29 is 28.5 Å². The van der Waals surface area contributed by atoms with Crippen LogP contribution in [0.2, 0.25) is 0 Å². The molecule has 0 aromatic heterocycles. The zero-order valence-corrected chi connectivity index (χ0v) is 14.3. The standard InChI is InChI=1S/C19H20O6/c1-21-14-8-4-12(5-9-14)16-17(18(20)23-3)25-19(24-16)13-6-10-15(22-2)11-7-13/h4-11,16-17,19H,1-3H3/t16-,17+,19+/m0/s1. The van der Waals surface area contributed by atoms with Gasteiger partial charge in [0.1, 0.15) is 17.6 Å². The third kappa shape index (κ3) is 3.60. The summed E-state index contributed by atoms with van der Waals surface area (Å²) in [6, 6.07) is 14.6. The lowest BCUT2D eigenvalue weighted by atomic mass is 10.0. The maximum absolute atomic E-state index is 12.1. The van der Waals surface area contributed by atoms with Gasteiger partial charge in [-0.05, 0) is 29.8 Å². The zero-order chi connectivity index (χ0) is 17.8. The number of benzene rings is 2. The van der Waals surface area contributed by atoms with Gasteiger partial charge in [-0.25, -0.2) is 4.79 Å². The SMILES string of the molecule is COC(=O)[C@@H]1O[C@H](c2ccc(OC)cc2)O[C@H]1c1ccc(OC)cc1. The van der Waals surface area contributed by atoms with Crippen LogP contribution in [0.4, 0.5) is 0 Å². The molecule has 0 bridgehead atoms. The van der Waals surface area contributed by atoms with Gasteiger partial charge in [-0.3, -0.25) is 0 Å². The predicted octanol–water partition coefficient (Wildman–Crippen LogP) is 3.03. The highest BCUT2D eigenvalue weighted by Gasteiger charge is 2.43. The van der Waals surface area contributed by atoms with Crippen LogP contribution in [-0.2, 0) is 19.0 Å². The van der Waals surface area contributed by atoms with Gasteiger partial charge in [0, 0.05) is 5.56 Å². The van der Waals surface area contributed by atoms with Gasteiger partial charge >= 0.3 is 5.97 Å². The lowest BCUT2D eigenvalue weighted by Crippen LogP contribution is -2.27. The Balaban J connectivity index is 1.85. The number of methoxy groups -OCH3 is 3. The number of hydrogen-bond acceptors (Lipinski definition) is 6. The van der Waals surface area contributed by atoms with Crippen LogP contribution >= 0.6 is 0 Å². The van der Waals surface area contributed by atoms with Crippen LogP contribution in [0, 0.1) is 0 Å². The Kier molecular flexibility index (Phi) is 5.21. The predicted molar refractivity (Wildman–Crippen MR) is 89.4 cm³/mol. The Morgan fingerprint density at radius 2 is 1.32 bits per heavy atom. The molecule has 0 unspecified atom stereocenters. The van der Waals surface area contributed by atoms with Crippen LogP contribution in [0.5, 0.6) is 11.5 Å². The fourth-order valence-corrected chi connectivity index (χ4v) is 2.70. The van der Waals surface area contributed by atoms with Gasteiger partial charge in [0.2, 0.25) is 0 Å². The summed E-state index contributed by atoms with van der Waals surface area (Å²) in [4.78, 5) is 12.1. The van der Waals surface area contributed by atoms with Gasteiger partial charge in [0.25, 0.3) is 0 Å². The average molecular weight is 344 g/mol. The van der Waals surface area contributed by atoms with E-state index in [4.69, 9.17) is 23.7 Å². The first kappa shape index (κ1) is 17.3. The molecule has 1 heterocycles. The number of carbonyl (C=O) groups is 1. The first-order valence-corrected chi connectivity index (χ1v) is 7.83. The van der Waals surface area contributed by atoms with Crippen molar-refractivity contribution in [3.8, 4) is 11.5 Å². The van der Waals surface area contributed by atoms with E-state index in [0.717, 1.165) is 22.6 Å². The molecule has 1 aliphatic rings. The Morgan fingerprint density at radius 1 is 0.800 bits per heavy atom. The van der Waals surface area contributed by atoms with Crippen molar-refractivity contribution in [3.63, 3.8) is 0 Å². The summed E-state index contributed by atoms with van der Waals surface area (Å²) in [6.45, 7) is 0. The molecule has 6 heteroatoms. The molecule has 25 heavy (non-hydrogen) atoms. The van der Waals surface area contributed by atoms with E-state index in [1.54, 1.807) is 14.2 Å². The van der Waals surface area contributed by atoms with Crippen LogP contribution in [0.15, 0.2) is 48.5 Å². The molecule has 3 atom stereocenters. The van der Waals surface area contributed by atoms with E-state index >= 15 is 0 Å². The first-order chi connectivity index (χ1) is 12.2. The van der Waals surface area contributed by atoms with Crippen molar-refractivity contribution in [1.29, 1.82) is 0 Å². The molecule has 1 fully saturated rings. The summed E-state index contributed by atoms with van der Waals surface area (Å²) in [7, 11) is 4.53. The van der Waals surface area contributed by atoms with Crippen LogP contribution < -0.4 is 9.47 Å². The van der Waals surface area contributed by atoms with Crippen molar-refractivity contribution in [2.24, 2.45) is 0 Å². The smallest absolute Gasteiger partial charge is 0.338 e. The lowest BCUT2D eigenvalue weighted by molar-refractivity contribution is -0.154. The van der Waals surface area contributed by atoms with Gasteiger partial charge in [-0.15, -0.1) is 0 Å². The molecule has 1 aliphatic heterocycles. The van der Waals surface area contributed by atoms with Crippen molar-refractivity contribution in [2.45, 2.75) is 18.5 Å². The minimum absolute atomic E-state index is 0.475. The van der Waals surface area contributed by atoms with Crippen LogP contribution in [0.1, 0.15) is 23.5 Å². The van der Waals surface area contributed by atoms with E-state index in [-0.39, 0.29) is 0 Å². The maximum Gasteiger partial charge on any atom is 0.338 e. The largest absolute Gasteiger partial charge is 0.497 e. The molecule has 1 saturated heterocycles. The highest BCUT2D eigenvalue weighted by atomic mass is 16.7. The van der Waals surface area contributed by atoms with Crippen LogP contribution in [-0.4, -0.2) is 33.4 Å². The van der Waals surface area contributed by atoms with Crippen LogP contribution in [0.25, 0.3) is 0 Å². The normalized spacial score (nSPS) is 22.4. The topological polar surface area (TPSA) is 63.2 Å². The molecular formula is C19H20O6. The summed E-state index contributed by atoms with van der Waals surface area (Å²) in [5, 5.41) is 0. The molecule has 0 aliphatic carbocycles. The van der Waals surface area contributed by atoms with Crippen molar-refractivity contribution >= 4 is 5.97 Å². The van der Waals surface area contributed by atoms with E-state index in [0.29, 0.717) is 0 Å². The Morgan fingerprint density at radius 3 is 1.80 bits per heavy atom. The van der Waals surface area contributed by atoms with Crippen molar-refractivity contribution in [2.75, 3.05) is 21.3 Å². The molecule has 132 valence electrons.